The fourth-order valence-corrected chi connectivity index (χ4v) is 4.31. The Bertz CT molecular complexity index is 942. The monoisotopic (exact) mass is 406 g/mol. The molecule has 0 saturated heterocycles. The molecule has 2 aromatic carbocycles. The van der Waals surface area contributed by atoms with Gasteiger partial charge in [0.25, 0.3) is 10.0 Å². The number of nitrogens with two attached hydrogens (primary N) is 1. The molecule has 0 aliphatic heterocycles. The molecule has 0 fully saturated rings. The van der Waals surface area contributed by atoms with Crippen molar-refractivity contribution in [3.63, 3.8) is 0 Å². The first-order valence-electron chi connectivity index (χ1n) is 9.18. The van der Waals surface area contributed by atoms with Gasteiger partial charge in [-0.1, -0.05) is 44.5 Å². The zero-order valence-corrected chi connectivity index (χ0v) is 16.9. The van der Waals surface area contributed by atoms with Gasteiger partial charge in [0.2, 0.25) is 0 Å². The second-order valence-electron chi connectivity index (χ2n) is 6.24. The van der Waals surface area contributed by atoms with Crippen LogP contribution >= 0.6 is 0 Å². The van der Waals surface area contributed by atoms with Gasteiger partial charge in [-0.05, 0) is 36.1 Å². The maximum Gasteiger partial charge on any atom is 0.341 e. The fourth-order valence-electron chi connectivity index (χ4n) is 2.97. The van der Waals surface area contributed by atoms with Crippen molar-refractivity contribution >= 4 is 21.7 Å². The normalized spacial score (nSPS) is 11.2. The van der Waals surface area contributed by atoms with Gasteiger partial charge in [0, 0.05) is 6.54 Å². The van der Waals surface area contributed by atoms with Crippen LogP contribution in [-0.2, 0) is 22.9 Å². The van der Waals surface area contributed by atoms with E-state index < -0.39 is 16.0 Å². The lowest BCUT2D eigenvalue weighted by atomic mass is 10.0. The quantitative estimate of drug-likeness (QED) is 0.558. The predicted molar refractivity (Wildman–Crippen MR) is 109 cm³/mol. The first-order chi connectivity index (χ1) is 13.4. The van der Waals surface area contributed by atoms with Crippen molar-refractivity contribution in [3.05, 3.63) is 53.1 Å². The number of aryl methyl sites for hydroxylation is 2. The summed E-state index contributed by atoms with van der Waals surface area (Å²) in [4.78, 5) is 12.1. The van der Waals surface area contributed by atoms with Crippen LogP contribution in [0.15, 0.2) is 41.3 Å². The molecular formula is C20H26N2O5S. The van der Waals surface area contributed by atoms with Gasteiger partial charge in [-0.2, -0.15) is 0 Å². The fraction of sp³-hybridized carbons (Fsp3) is 0.350. The van der Waals surface area contributed by atoms with Gasteiger partial charge >= 0.3 is 5.97 Å². The molecule has 0 unspecified atom stereocenters. The summed E-state index contributed by atoms with van der Waals surface area (Å²) in [5.41, 5.74) is 6.56. The lowest BCUT2D eigenvalue weighted by Gasteiger charge is -2.18. The van der Waals surface area contributed by atoms with E-state index in [0.29, 0.717) is 24.0 Å². The molecule has 0 heterocycles. The van der Waals surface area contributed by atoms with Gasteiger partial charge < -0.3 is 15.6 Å². The number of carbonyl (C=O) groups is 1. The van der Waals surface area contributed by atoms with Crippen molar-refractivity contribution in [2.75, 3.05) is 17.9 Å². The Morgan fingerprint density at radius 3 is 2.46 bits per heavy atom. The standard InChI is InChI=1S/C20H26N2O5S/c1-3-7-15-8-5-6-9-17(15)28(25,26)22-16-11-10-14(4-2)19(27-13-12-21)18(16)20(23)24/h5-6,8-11,22H,3-4,7,12-13,21H2,1-2H3,(H,23,24). The SMILES string of the molecule is CCCc1ccccc1S(=O)(=O)Nc1ccc(CC)c(OCCN)c1C(=O)O. The Balaban J connectivity index is 2.55. The van der Waals surface area contributed by atoms with Crippen LogP contribution in [0.4, 0.5) is 5.69 Å². The van der Waals surface area contributed by atoms with E-state index in [-0.39, 0.29) is 35.0 Å². The number of carboxylic acids is 1. The number of nitrogens with one attached hydrogen (secondary N) is 1. The molecule has 0 aliphatic carbocycles. The van der Waals surface area contributed by atoms with E-state index in [1.54, 1.807) is 24.3 Å². The van der Waals surface area contributed by atoms with Gasteiger partial charge in [-0.15, -0.1) is 0 Å². The lowest BCUT2D eigenvalue weighted by Crippen LogP contribution is -2.19. The van der Waals surface area contributed by atoms with Crippen LogP contribution in [0.25, 0.3) is 0 Å². The van der Waals surface area contributed by atoms with Gasteiger partial charge in [-0.25, -0.2) is 13.2 Å². The summed E-state index contributed by atoms with van der Waals surface area (Å²) >= 11 is 0. The number of anilines is 1. The molecule has 0 amide bonds. The summed E-state index contributed by atoms with van der Waals surface area (Å²) in [5, 5.41) is 9.73. The van der Waals surface area contributed by atoms with Crippen molar-refractivity contribution in [3.8, 4) is 5.75 Å². The highest BCUT2D eigenvalue weighted by molar-refractivity contribution is 7.92. The number of aromatic carboxylic acids is 1. The van der Waals surface area contributed by atoms with Crippen molar-refractivity contribution in [2.45, 2.75) is 38.0 Å². The van der Waals surface area contributed by atoms with Crippen LogP contribution in [0, 0.1) is 0 Å². The Labute approximate surface area is 165 Å². The zero-order chi connectivity index (χ0) is 20.7. The molecule has 7 nitrogen and oxygen atoms in total. The molecule has 8 heteroatoms. The summed E-state index contributed by atoms with van der Waals surface area (Å²) < 4.78 is 34.0. The summed E-state index contributed by atoms with van der Waals surface area (Å²) in [6.07, 6.45) is 1.92. The lowest BCUT2D eigenvalue weighted by molar-refractivity contribution is 0.0693. The third kappa shape index (κ3) is 4.82. The minimum atomic E-state index is -3.97. The van der Waals surface area contributed by atoms with Crippen molar-refractivity contribution in [1.82, 2.24) is 0 Å². The highest BCUT2D eigenvalue weighted by Crippen LogP contribution is 2.33. The molecule has 0 aromatic heterocycles. The molecule has 0 spiro atoms. The maximum absolute atomic E-state index is 13.0. The second kappa shape index (κ2) is 9.57. The molecule has 0 radical (unpaired) electrons. The van der Waals surface area contributed by atoms with Crippen LogP contribution in [0.3, 0.4) is 0 Å². The van der Waals surface area contributed by atoms with Gasteiger partial charge in [-0.3, -0.25) is 4.72 Å². The van der Waals surface area contributed by atoms with Gasteiger partial charge in [0.05, 0.1) is 10.6 Å². The minimum absolute atomic E-state index is 0.0389. The van der Waals surface area contributed by atoms with E-state index in [0.717, 1.165) is 6.42 Å². The van der Waals surface area contributed by atoms with Crippen LogP contribution in [0.1, 0.15) is 41.8 Å². The van der Waals surface area contributed by atoms with E-state index in [1.165, 1.54) is 12.1 Å². The van der Waals surface area contributed by atoms with Crippen LogP contribution in [-0.4, -0.2) is 32.6 Å². The molecule has 0 bridgehead atoms. The smallest absolute Gasteiger partial charge is 0.341 e. The average Bonchev–Trinajstić information content (AvgIpc) is 2.66. The number of ether oxygens (including phenoxy) is 1. The summed E-state index contributed by atoms with van der Waals surface area (Å²) in [5.74, 6) is -1.13. The summed E-state index contributed by atoms with van der Waals surface area (Å²) in [6, 6.07) is 9.81. The molecule has 152 valence electrons. The molecule has 28 heavy (non-hydrogen) atoms. The second-order valence-corrected chi connectivity index (χ2v) is 7.89. The Hall–Kier alpha value is -2.58. The molecule has 2 aromatic rings. The highest BCUT2D eigenvalue weighted by atomic mass is 32.2. The first kappa shape index (κ1) is 21.7. The number of hydrogen-bond acceptors (Lipinski definition) is 5. The van der Waals surface area contributed by atoms with Crippen LogP contribution < -0.4 is 15.2 Å². The minimum Gasteiger partial charge on any atom is -0.491 e. The predicted octanol–water partition coefficient (Wildman–Crippen LogP) is 3.04. The van der Waals surface area contributed by atoms with Crippen LogP contribution in [0.5, 0.6) is 5.75 Å². The van der Waals surface area contributed by atoms with Crippen molar-refractivity contribution in [2.24, 2.45) is 5.73 Å². The van der Waals surface area contributed by atoms with E-state index >= 15 is 0 Å². The van der Waals surface area contributed by atoms with E-state index in [1.807, 2.05) is 13.8 Å². The topological polar surface area (TPSA) is 119 Å². The molecular weight excluding hydrogens is 380 g/mol. The largest absolute Gasteiger partial charge is 0.491 e. The Morgan fingerprint density at radius 2 is 1.86 bits per heavy atom. The van der Waals surface area contributed by atoms with Crippen molar-refractivity contribution < 1.29 is 23.1 Å². The number of sulfonamides is 1. The summed E-state index contributed by atoms with van der Waals surface area (Å²) in [7, 11) is -3.97. The number of carboxylic acid groups (broad SMARTS) is 1. The number of rotatable bonds is 10. The van der Waals surface area contributed by atoms with Gasteiger partial charge in [0.1, 0.15) is 17.9 Å². The van der Waals surface area contributed by atoms with E-state index in [2.05, 4.69) is 4.72 Å². The first-order valence-corrected chi connectivity index (χ1v) is 10.7. The van der Waals surface area contributed by atoms with Crippen LogP contribution in [0.2, 0.25) is 0 Å². The van der Waals surface area contributed by atoms with E-state index in [9.17, 15) is 18.3 Å². The van der Waals surface area contributed by atoms with Gasteiger partial charge in [0.15, 0.2) is 0 Å². The summed E-state index contributed by atoms with van der Waals surface area (Å²) in [6.45, 7) is 4.16. The third-order valence-corrected chi connectivity index (χ3v) is 5.69. The Kier molecular flexibility index (Phi) is 7.42. The van der Waals surface area contributed by atoms with E-state index in [4.69, 9.17) is 10.5 Å². The maximum atomic E-state index is 13.0. The molecule has 2 rings (SSSR count). The third-order valence-electron chi connectivity index (χ3n) is 4.22. The number of benzene rings is 2. The molecule has 0 atom stereocenters. The molecule has 4 N–H and O–H groups in total. The number of hydrogen-bond donors (Lipinski definition) is 3. The molecule has 0 saturated carbocycles. The zero-order valence-electron chi connectivity index (χ0n) is 16.1. The Morgan fingerprint density at radius 1 is 1.14 bits per heavy atom. The average molecular weight is 407 g/mol. The molecule has 0 aliphatic rings. The highest BCUT2D eigenvalue weighted by Gasteiger charge is 2.25. The van der Waals surface area contributed by atoms with Crippen molar-refractivity contribution in [1.29, 1.82) is 0 Å².